The minimum absolute atomic E-state index is 0.199. The normalized spacial score (nSPS) is 16.9. The van der Waals surface area contributed by atoms with Crippen molar-refractivity contribution < 1.29 is 9.53 Å². The molecule has 134 valence electrons. The molecule has 1 aliphatic heterocycles. The zero-order valence-electron chi connectivity index (χ0n) is 14.9. The van der Waals surface area contributed by atoms with Crippen molar-refractivity contribution in [2.24, 2.45) is 5.92 Å². The van der Waals surface area contributed by atoms with Gasteiger partial charge >= 0.3 is 0 Å². The van der Waals surface area contributed by atoms with Crippen molar-refractivity contribution in [2.45, 2.75) is 19.8 Å². The van der Waals surface area contributed by atoms with Gasteiger partial charge in [-0.25, -0.2) is 0 Å². The first-order valence-electron chi connectivity index (χ1n) is 8.81. The molecule has 1 saturated heterocycles. The highest BCUT2D eigenvalue weighted by Crippen LogP contribution is 2.37. The highest BCUT2D eigenvalue weighted by Gasteiger charge is 2.22. The van der Waals surface area contributed by atoms with Gasteiger partial charge < -0.3 is 10.1 Å². The van der Waals surface area contributed by atoms with Crippen LogP contribution in [0.2, 0.25) is 0 Å². The topological polar surface area (TPSA) is 64.1 Å². The highest BCUT2D eigenvalue weighted by molar-refractivity contribution is 7.22. The summed E-state index contributed by atoms with van der Waals surface area (Å²) in [5, 5.41) is 12.4. The van der Waals surface area contributed by atoms with Gasteiger partial charge in [0.25, 0.3) is 5.91 Å². The number of amides is 1. The summed E-state index contributed by atoms with van der Waals surface area (Å²) in [6.45, 7) is 3.67. The van der Waals surface area contributed by atoms with Gasteiger partial charge in [-0.1, -0.05) is 29.8 Å². The van der Waals surface area contributed by atoms with Crippen LogP contribution in [-0.4, -0.2) is 36.4 Å². The third-order valence-corrected chi connectivity index (χ3v) is 6.00. The standard InChI is InChI=1S/C20H21N3O2S/c1-12-3-5-14(6-4-12)17-10-15-16(9-13-7-8-25-11-13)22-23-18(19(15)26-17)20(24)21-2/h3-6,10,13H,7-9,11H2,1-2H3,(H,21,24). The SMILES string of the molecule is CNC(=O)c1nnc(CC2CCOC2)c2cc(-c3ccc(C)cc3)sc12. The highest BCUT2D eigenvalue weighted by atomic mass is 32.1. The number of nitrogens with zero attached hydrogens (tertiary/aromatic N) is 2. The Kier molecular flexibility index (Phi) is 4.70. The number of fused-ring (bicyclic) bond motifs is 1. The van der Waals surface area contributed by atoms with Gasteiger partial charge in [-0.3, -0.25) is 4.79 Å². The van der Waals surface area contributed by atoms with Gasteiger partial charge in [-0.15, -0.1) is 16.4 Å². The zero-order chi connectivity index (χ0) is 18.1. The van der Waals surface area contributed by atoms with Crippen LogP contribution in [0.1, 0.15) is 28.2 Å². The van der Waals surface area contributed by atoms with Crippen LogP contribution in [0.4, 0.5) is 0 Å². The van der Waals surface area contributed by atoms with E-state index in [1.165, 1.54) is 5.56 Å². The lowest BCUT2D eigenvalue weighted by molar-refractivity contribution is 0.0959. The predicted octanol–water partition coefficient (Wildman–Crippen LogP) is 3.61. The summed E-state index contributed by atoms with van der Waals surface area (Å²) in [6, 6.07) is 10.6. The van der Waals surface area contributed by atoms with Crippen molar-refractivity contribution in [3.05, 3.63) is 47.3 Å². The monoisotopic (exact) mass is 367 g/mol. The molecular formula is C20H21N3O2S. The first-order chi connectivity index (χ1) is 12.7. The van der Waals surface area contributed by atoms with Gasteiger partial charge in [-0.2, -0.15) is 5.10 Å². The van der Waals surface area contributed by atoms with Crippen molar-refractivity contribution in [3.8, 4) is 10.4 Å². The Morgan fingerprint density at radius 1 is 1.31 bits per heavy atom. The Morgan fingerprint density at radius 3 is 2.81 bits per heavy atom. The molecule has 1 unspecified atom stereocenters. The van der Waals surface area contributed by atoms with Gasteiger partial charge in [-0.05, 0) is 37.3 Å². The second kappa shape index (κ2) is 7.13. The molecule has 0 bridgehead atoms. The molecule has 6 heteroatoms. The molecule has 1 fully saturated rings. The minimum Gasteiger partial charge on any atom is -0.381 e. The number of carbonyl (C=O) groups excluding carboxylic acids is 1. The van der Waals surface area contributed by atoms with Crippen LogP contribution in [0.3, 0.4) is 0 Å². The second-order valence-electron chi connectivity index (χ2n) is 6.73. The first kappa shape index (κ1) is 17.1. The predicted molar refractivity (Wildman–Crippen MR) is 104 cm³/mol. The number of benzene rings is 1. The van der Waals surface area contributed by atoms with E-state index in [1.54, 1.807) is 18.4 Å². The fourth-order valence-electron chi connectivity index (χ4n) is 3.29. The molecule has 1 N–H and O–H groups in total. The maximum atomic E-state index is 12.2. The van der Waals surface area contributed by atoms with E-state index in [1.807, 2.05) is 0 Å². The quantitative estimate of drug-likeness (QED) is 0.765. The van der Waals surface area contributed by atoms with Crippen LogP contribution in [-0.2, 0) is 11.2 Å². The van der Waals surface area contributed by atoms with E-state index in [0.29, 0.717) is 11.6 Å². The van der Waals surface area contributed by atoms with E-state index in [2.05, 4.69) is 52.8 Å². The Balaban J connectivity index is 1.82. The molecule has 3 aromatic rings. The molecule has 4 rings (SSSR count). The fourth-order valence-corrected chi connectivity index (χ4v) is 4.45. The molecule has 1 aliphatic rings. The first-order valence-corrected chi connectivity index (χ1v) is 9.63. The van der Waals surface area contributed by atoms with Crippen LogP contribution < -0.4 is 5.32 Å². The summed E-state index contributed by atoms with van der Waals surface area (Å²) in [6.07, 6.45) is 1.89. The number of rotatable bonds is 4. The molecule has 0 spiro atoms. The summed E-state index contributed by atoms with van der Waals surface area (Å²) in [4.78, 5) is 13.4. The van der Waals surface area contributed by atoms with Crippen molar-refractivity contribution in [3.63, 3.8) is 0 Å². The summed E-state index contributed by atoms with van der Waals surface area (Å²) >= 11 is 1.60. The van der Waals surface area contributed by atoms with E-state index in [-0.39, 0.29) is 5.91 Å². The van der Waals surface area contributed by atoms with Crippen LogP contribution in [0.15, 0.2) is 30.3 Å². The van der Waals surface area contributed by atoms with Crippen molar-refractivity contribution >= 4 is 27.3 Å². The average Bonchev–Trinajstić information content (AvgIpc) is 3.32. The number of aryl methyl sites for hydroxylation is 1. The van der Waals surface area contributed by atoms with E-state index >= 15 is 0 Å². The largest absolute Gasteiger partial charge is 0.381 e. The van der Waals surface area contributed by atoms with Gasteiger partial charge in [0.2, 0.25) is 0 Å². The van der Waals surface area contributed by atoms with E-state index in [0.717, 1.165) is 52.3 Å². The number of aromatic nitrogens is 2. The smallest absolute Gasteiger partial charge is 0.273 e. The molecule has 0 saturated carbocycles. The van der Waals surface area contributed by atoms with Gasteiger partial charge in [0.1, 0.15) is 0 Å². The van der Waals surface area contributed by atoms with Crippen molar-refractivity contribution in [1.29, 1.82) is 0 Å². The lowest BCUT2D eigenvalue weighted by Crippen LogP contribution is -2.20. The third kappa shape index (κ3) is 3.22. The number of ether oxygens (including phenoxy) is 1. The summed E-state index contributed by atoms with van der Waals surface area (Å²) < 4.78 is 6.40. The minimum atomic E-state index is -0.199. The van der Waals surface area contributed by atoms with Crippen LogP contribution in [0.5, 0.6) is 0 Å². The summed E-state index contributed by atoms with van der Waals surface area (Å²) in [5.74, 6) is 0.275. The third-order valence-electron chi connectivity index (χ3n) is 4.81. The van der Waals surface area contributed by atoms with Crippen molar-refractivity contribution in [2.75, 3.05) is 20.3 Å². The molecule has 2 aromatic heterocycles. The molecule has 0 aliphatic carbocycles. The number of hydrogen-bond donors (Lipinski definition) is 1. The van der Waals surface area contributed by atoms with E-state index < -0.39 is 0 Å². The van der Waals surface area contributed by atoms with Crippen LogP contribution >= 0.6 is 11.3 Å². The molecular weight excluding hydrogens is 346 g/mol. The Morgan fingerprint density at radius 2 is 2.12 bits per heavy atom. The lowest BCUT2D eigenvalue weighted by Gasteiger charge is -2.08. The lowest BCUT2D eigenvalue weighted by atomic mass is 10.0. The molecule has 5 nitrogen and oxygen atoms in total. The van der Waals surface area contributed by atoms with E-state index in [4.69, 9.17) is 4.74 Å². The Labute approximate surface area is 156 Å². The Hall–Kier alpha value is -2.31. The van der Waals surface area contributed by atoms with Gasteiger partial charge in [0.15, 0.2) is 5.69 Å². The molecule has 1 atom stereocenters. The fraction of sp³-hybridized carbons (Fsp3) is 0.350. The Bertz CT molecular complexity index is 944. The molecule has 26 heavy (non-hydrogen) atoms. The zero-order valence-corrected chi connectivity index (χ0v) is 15.7. The maximum absolute atomic E-state index is 12.2. The van der Waals surface area contributed by atoms with E-state index in [9.17, 15) is 4.79 Å². The summed E-state index contributed by atoms with van der Waals surface area (Å²) in [5.41, 5.74) is 3.73. The second-order valence-corrected chi connectivity index (χ2v) is 7.78. The molecule has 0 radical (unpaired) electrons. The van der Waals surface area contributed by atoms with Crippen molar-refractivity contribution in [1.82, 2.24) is 15.5 Å². The van der Waals surface area contributed by atoms with Gasteiger partial charge in [0, 0.05) is 30.5 Å². The average molecular weight is 367 g/mol. The van der Waals surface area contributed by atoms with Gasteiger partial charge in [0.05, 0.1) is 10.4 Å². The maximum Gasteiger partial charge on any atom is 0.273 e. The number of thiophene rings is 1. The number of hydrogen-bond acceptors (Lipinski definition) is 5. The number of nitrogens with one attached hydrogen (secondary N) is 1. The molecule has 3 heterocycles. The van der Waals surface area contributed by atoms with Crippen LogP contribution in [0, 0.1) is 12.8 Å². The number of carbonyl (C=O) groups is 1. The summed E-state index contributed by atoms with van der Waals surface area (Å²) in [7, 11) is 1.62. The van der Waals surface area contributed by atoms with Crippen LogP contribution in [0.25, 0.3) is 20.5 Å². The molecule has 1 aromatic carbocycles. The molecule has 1 amide bonds.